The molecule has 0 aromatic heterocycles. The summed E-state index contributed by atoms with van der Waals surface area (Å²) in [5.74, 6) is 1.53. The van der Waals surface area contributed by atoms with Gasteiger partial charge in [-0.3, -0.25) is 0 Å². The monoisotopic (exact) mass is 273 g/mol. The van der Waals surface area contributed by atoms with E-state index >= 15 is 0 Å². The van der Waals surface area contributed by atoms with Gasteiger partial charge in [0.15, 0.2) is 0 Å². The zero-order valence-corrected chi connectivity index (χ0v) is 14.1. The van der Waals surface area contributed by atoms with Crippen molar-refractivity contribution in [3.05, 3.63) is 35.4 Å². The van der Waals surface area contributed by atoms with Gasteiger partial charge in [0.2, 0.25) is 0 Å². The molecule has 0 radical (unpaired) electrons. The summed E-state index contributed by atoms with van der Waals surface area (Å²) in [5.41, 5.74) is 3.59. The van der Waals surface area contributed by atoms with Gasteiger partial charge in [-0.05, 0) is 41.3 Å². The zero-order chi connectivity index (χ0) is 15.0. The van der Waals surface area contributed by atoms with E-state index in [1.807, 2.05) is 0 Å². The Bertz CT molecular complexity index is 438. The highest BCUT2D eigenvalue weighted by Gasteiger charge is 2.51. The Morgan fingerprint density at radius 1 is 1.20 bits per heavy atom. The van der Waals surface area contributed by atoms with Crippen LogP contribution in [0.2, 0.25) is 0 Å². The predicted molar refractivity (Wildman–Crippen MR) is 88.3 cm³/mol. The molecular weight excluding hydrogens is 242 g/mol. The van der Waals surface area contributed by atoms with Crippen LogP contribution in [0.5, 0.6) is 0 Å². The van der Waals surface area contributed by atoms with Crippen molar-refractivity contribution in [3.8, 4) is 0 Å². The van der Waals surface area contributed by atoms with E-state index < -0.39 is 0 Å². The minimum atomic E-state index is 0.247. The minimum Gasteiger partial charge on any atom is -0.316 e. The van der Waals surface area contributed by atoms with Crippen molar-refractivity contribution < 1.29 is 0 Å². The van der Waals surface area contributed by atoms with E-state index in [0.717, 1.165) is 24.9 Å². The van der Waals surface area contributed by atoms with Gasteiger partial charge < -0.3 is 5.32 Å². The third kappa shape index (κ3) is 3.25. The lowest BCUT2D eigenvalue weighted by atomic mass is 9.84. The maximum absolute atomic E-state index is 3.66. The average Bonchev–Trinajstić information content (AvgIpc) is 3.00. The summed E-state index contributed by atoms with van der Waals surface area (Å²) in [6.45, 7) is 16.0. The summed E-state index contributed by atoms with van der Waals surface area (Å²) in [5, 5.41) is 3.66. The molecule has 1 heteroatoms. The van der Waals surface area contributed by atoms with Crippen LogP contribution in [0, 0.1) is 11.8 Å². The van der Waals surface area contributed by atoms with Gasteiger partial charge in [0.25, 0.3) is 0 Å². The topological polar surface area (TPSA) is 12.0 Å². The first-order chi connectivity index (χ1) is 9.25. The van der Waals surface area contributed by atoms with E-state index in [0.29, 0.717) is 5.41 Å². The van der Waals surface area contributed by atoms with Crippen molar-refractivity contribution in [2.45, 2.75) is 58.8 Å². The van der Waals surface area contributed by atoms with Crippen LogP contribution in [0.15, 0.2) is 24.3 Å². The lowest BCUT2D eigenvalue weighted by Crippen LogP contribution is -2.31. The first-order valence-corrected chi connectivity index (χ1v) is 8.07. The van der Waals surface area contributed by atoms with Crippen molar-refractivity contribution in [2.75, 3.05) is 13.1 Å². The Hall–Kier alpha value is -0.820. The molecule has 1 saturated carbocycles. The highest BCUT2D eigenvalue weighted by Crippen LogP contribution is 2.53. The molecule has 1 aliphatic rings. The van der Waals surface area contributed by atoms with Gasteiger partial charge in [0, 0.05) is 12.0 Å². The second kappa shape index (κ2) is 5.52. The van der Waals surface area contributed by atoms with Gasteiger partial charge in [-0.1, -0.05) is 65.8 Å². The molecule has 2 atom stereocenters. The fourth-order valence-corrected chi connectivity index (χ4v) is 3.12. The quantitative estimate of drug-likeness (QED) is 0.832. The second-order valence-corrected chi connectivity index (χ2v) is 8.11. The van der Waals surface area contributed by atoms with Crippen molar-refractivity contribution in [3.63, 3.8) is 0 Å². The molecule has 112 valence electrons. The first-order valence-electron chi connectivity index (χ1n) is 8.07. The second-order valence-electron chi connectivity index (χ2n) is 8.11. The SMILES string of the molecule is CC(C)CNCC1(c2ccc(C(C)(C)C)cc2)CC1C. The fourth-order valence-electron chi connectivity index (χ4n) is 3.12. The van der Waals surface area contributed by atoms with Crippen LogP contribution in [0.25, 0.3) is 0 Å². The van der Waals surface area contributed by atoms with E-state index in [9.17, 15) is 0 Å². The third-order valence-electron chi connectivity index (χ3n) is 4.77. The molecule has 1 fully saturated rings. The molecule has 1 aromatic carbocycles. The molecule has 0 bridgehead atoms. The van der Waals surface area contributed by atoms with Crippen molar-refractivity contribution in [2.24, 2.45) is 11.8 Å². The van der Waals surface area contributed by atoms with Crippen LogP contribution in [-0.2, 0) is 10.8 Å². The molecule has 0 saturated heterocycles. The number of nitrogens with one attached hydrogen (secondary N) is 1. The first kappa shape index (κ1) is 15.6. The van der Waals surface area contributed by atoms with E-state index in [4.69, 9.17) is 0 Å². The van der Waals surface area contributed by atoms with E-state index in [1.165, 1.54) is 17.5 Å². The van der Waals surface area contributed by atoms with Gasteiger partial charge in [0.05, 0.1) is 0 Å². The van der Waals surface area contributed by atoms with Crippen molar-refractivity contribution in [1.29, 1.82) is 0 Å². The molecular formula is C19H31N. The molecule has 0 aliphatic heterocycles. The lowest BCUT2D eigenvalue weighted by molar-refractivity contribution is 0.492. The van der Waals surface area contributed by atoms with Gasteiger partial charge in [-0.15, -0.1) is 0 Å². The van der Waals surface area contributed by atoms with Crippen LogP contribution in [0.3, 0.4) is 0 Å². The molecule has 1 aliphatic carbocycles. The van der Waals surface area contributed by atoms with Crippen LogP contribution >= 0.6 is 0 Å². The molecule has 2 unspecified atom stereocenters. The number of benzene rings is 1. The molecule has 20 heavy (non-hydrogen) atoms. The molecule has 1 N–H and O–H groups in total. The summed E-state index contributed by atoms with van der Waals surface area (Å²) in [7, 11) is 0. The van der Waals surface area contributed by atoms with Crippen molar-refractivity contribution >= 4 is 0 Å². The van der Waals surface area contributed by atoms with Crippen molar-refractivity contribution in [1.82, 2.24) is 5.32 Å². The minimum absolute atomic E-state index is 0.247. The number of rotatable bonds is 5. The summed E-state index contributed by atoms with van der Waals surface area (Å²) in [6.07, 6.45) is 1.33. The predicted octanol–water partition coefficient (Wildman–Crippen LogP) is 4.51. The van der Waals surface area contributed by atoms with Gasteiger partial charge >= 0.3 is 0 Å². The summed E-state index contributed by atoms with van der Waals surface area (Å²) >= 11 is 0. The molecule has 0 heterocycles. The maximum atomic E-state index is 3.66. The summed E-state index contributed by atoms with van der Waals surface area (Å²) in [6, 6.07) is 9.37. The molecule has 0 amide bonds. The average molecular weight is 273 g/mol. The maximum Gasteiger partial charge on any atom is 0.0106 e. The Morgan fingerprint density at radius 2 is 1.75 bits per heavy atom. The zero-order valence-electron chi connectivity index (χ0n) is 14.1. The lowest BCUT2D eigenvalue weighted by Gasteiger charge is -2.22. The van der Waals surface area contributed by atoms with Gasteiger partial charge in [-0.25, -0.2) is 0 Å². The standard InChI is InChI=1S/C19H31N/c1-14(2)12-20-13-19(11-15(19)3)17-9-7-16(8-10-17)18(4,5)6/h7-10,14-15,20H,11-13H2,1-6H3. The normalized spacial score (nSPS) is 26.1. The fraction of sp³-hybridized carbons (Fsp3) is 0.684. The Labute approximate surface area is 125 Å². The molecule has 1 nitrogen and oxygen atoms in total. The molecule has 1 aromatic rings. The van der Waals surface area contributed by atoms with E-state index in [2.05, 4.69) is 71.1 Å². The third-order valence-corrected chi connectivity index (χ3v) is 4.77. The highest BCUT2D eigenvalue weighted by molar-refractivity contribution is 5.37. The smallest absolute Gasteiger partial charge is 0.0106 e. The Balaban J connectivity index is 2.08. The molecule has 0 spiro atoms. The van der Waals surface area contributed by atoms with Crippen LogP contribution in [0.1, 0.15) is 59.1 Å². The van der Waals surface area contributed by atoms with Crippen LogP contribution in [0.4, 0.5) is 0 Å². The van der Waals surface area contributed by atoms with E-state index in [1.54, 1.807) is 0 Å². The number of hydrogen-bond acceptors (Lipinski definition) is 1. The number of hydrogen-bond donors (Lipinski definition) is 1. The van der Waals surface area contributed by atoms with E-state index in [-0.39, 0.29) is 5.41 Å². The van der Waals surface area contributed by atoms with Gasteiger partial charge in [-0.2, -0.15) is 0 Å². The molecule has 2 rings (SSSR count). The highest BCUT2D eigenvalue weighted by atomic mass is 14.9. The summed E-state index contributed by atoms with van der Waals surface area (Å²) in [4.78, 5) is 0. The Kier molecular flexibility index (Phi) is 4.30. The van der Waals surface area contributed by atoms with Gasteiger partial charge in [0.1, 0.15) is 0 Å². The van der Waals surface area contributed by atoms with Crippen LogP contribution in [-0.4, -0.2) is 13.1 Å². The van der Waals surface area contributed by atoms with Crippen LogP contribution < -0.4 is 5.32 Å². The summed E-state index contributed by atoms with van der Waals surface area (Å²) < 4.78 is 0. The largest absolute Gasteiger partial charge is 0.316 e. The Morgan fingerprint density at radius 3 is 2.15 bits per heavy atom.